The van der Waals surface area contributed by atoms with E-state index in [-0.39, 0.29) is 21.3 Å². The molecule has 1 aromatic rings. The van der Waals surface area contributed by atoms with E-state index in [2.05, 4.69) is 5.32 Å². The van der Waals surface area contributed by atoms with Gasteiger partial charge in [-0.05, 0) is 12.1 Å². The van der Waals surface area contributed by atoms with E-state index in [9.17, 15) is 4.39 Å². The number of nitriles is 2. The van der Waals surface area contributed by atoms with Crippen LogP contribution in [0.25, 0.3) is 0 Å². The van der Waals surface area contributed by atoms with E-state index in [0.29, 0.717) is 0 Å². The third-order valence-corrected chi connectivity index (χ3v) is 2.12. The first-order valence-corrected chi connectivity index (χ1v) is 4.75. The van der Waals surface area contributed by atoms with Gasteiger partial charge in [0.2, 0.25) is 0 Å². The number of allylic oxidation sites excluding steroid dienone is 1. The molecule has 0 radical (unpaired) electrons. The van der Waals surface area contributed by atoms with Crippen molar-refractivity contribution >= 4 is 28.9 Å². The molecule has 1 N–H and O–H groups in total. The Morgan fingerprint density at radius 1 is 1.31 bits per heavy atom. The number of nitrogens with zero attached hydrogens (tertiary/aromatic N) is 2. The van der Waals surface area contributed by atoms with Crippen LogP contribution in [0.3, 0.4) is 0 Å². The monoisotopic (exact) mass is 255 g/mol. The Kier molecular flexibility index (Phi) is 4.13. The summed E-state index contributed by atoms with van der Waals surface area (Å²) in [4.78, 5) is 0. The Balaban J connectivity index is 3.05. The Bertz CT molecular complexity index is 487. The maximum atomic E-state index is 13.3. The molecule has 1 aromatic carbocycles. The maximum absolute atomic E-state index is 13.3. The summed E-state index contributed by atoms with van der Waals surface area (Å²) in [6.07, 6.45) is 1.07. The lowest BCUT2D eigenvalue weighted by Crippen LogP contribution is -1.94. The maximum Gasteiger partial charge on any atom is 0.149 e. The second-order valence-electron chi connectivity index (χ2n) is 2.67. The summed E-state index contributed by atoms with van der Waals surface area (Å²) in [6, 6.07) is 5.66. The van der Waals surface area contributed by atoms with Crippen molar-refractivity contribution in [1.82, 2.24) is 0 Å². The largest absolute Gasteiger partial charge is 0.356 e. The molecule has 0 amide bonds. The van der Waals surface area contributed by atoms with Crippen LogP contribution in [0, 0.1) is 28.5 Å². The molecule has 1 rings (SSSR count). The molecular formula is C10H4Cl2FN3. The van der Waals surface area contributed by atoms with Gasteiger partial charge in [-0.3, -0.25) is 0 Å². The van der Waals surface area contributed by atoms with Gasteiger partial charge in [0.1, 0.15) is 23.5 Å². The minimum atomic E-state index is -0.663. The SMILES string of the molecule is N#CC(C#N)=CNc1c(F)cc(Cl)cc1Cl. The number of halogens is 3. The molecule has 0 aliphatic rings. The van der Waals surface area contributed by atoms with Crippen molar-refractivity contribution in [2.45, 2.75) is 0 Å². The molecule has 6 heteroatoms. The van der Waals surface area contributed by atoms with Crippen molar-refractivity contribution in [3.8, 4) is 12.1 Å². The zero-order valence-corrected chi connectivity index (χ0v) is 9.27. The van der Waals surface area contributed by atoms with Gasteiger partial charge in [0, 0.05) is 11.2 Å². The van der Waals surface area contributed by atoms with Gasteiger partial charge in [-0.15, -0.1) is 0 Å². The van der Waals surface area contributed by atoms with Gasteiger partial charge < -0.3 is 5.32 Å². The lowest BCUT2D eigenvalue weighted by Gasteiger charge is -2.05. The van der Waals surface area contributed by atoms with Crippen LogP contribution in [-0.2, 0) is 0 Å². The molecule has 80 valence electrons. The number of hydrogen-bond donors (Lipinski definition) is 1. The first-order chi connectivity index (χ1) is 7.58. The quantitative estimate of drug-likeness (QED) is 0.824. The van der Waals surface area contributed by atoms with Gasteiger partial charge in [-0.1, -0.05) is 23.2 Å². The zero-order chi connectivity index (χ0) is 12.1. The Morgan fingerprint density at radius 2 is 1.94 bits per heavy atom. The number of benzene rings is 1. The highest BCUT2D eigenvalue weighted by Crippen LogP contribution is 2.29. The molecule has 0 aliphatic heterocycles. The summed E-state index contributed by atoms with van der Waals surface area (Å²) in [5.74, 6) is -0.663. The van der Waals surface area contributed by atoms with Crippen LogP contribution in [0.5, 0.6) is 0 Å². The third-order valence-electron chi connectivity index (χ3n) is 1.61. The van der Waals surface area contributed by atoms with E-state index in [1.807, 2.05) is 0 Å². The predicted octanol–water partition coefficient (Wildman–Crippen LogP) is 3.48. The fraction of sp³-hybridized carbons (Fsp3) is 0. The molecule has 0 bridgehead atoms. The van der Waals surface area contributed by atoms with Crippen molar-refractivity contribution in [2.75, 3.05) is 5.32 Å². The van der Waals surface area contributed by atoms with Crippen LogP contribution in [-0.4, -0.2) is 0 Å². The molecule has 0 fully saturated rings. The molecule has 0 atom stereocenters. The molecule has 0 aliphatic carbocycles. The molecule has 0 aromatic heterocycles. The van der Waals surface area contributed by atoms with Crippen molar-refractivity contribution in [2.24, 2.45) is 0 Å². The number of anilines is 1. The first-order valence-electron chi connectivity index (χ1n) is 4.00. The van der Waals surface area contributed by atoms with Gasteiger partial charge in [0.25, 0.3) is 0 Å². The summed E-state index contributed by atoms with van der Waals surface area (Å²) < 4.78 is 13.3. The lowest BCUT2D eigenvalue weighted by molar-refractivity contribution is 0.632. The molecule has 0 spiro atoms. The van der Waals surface area contributed by atoms with E-state index in [1.54, 1.807) is 12.1 Å². The summed E-state index contributed by atoms with van der Waals surface area (Å²) in [7, 11) is 0. The van der Waals surface area contributed by atoms with Crippen molar-refractivity contribution in [3.05, 3.63) is 39.8 Å². The van der Waals surface area contributed by atoms with E-state index in [4.69, 9.17) is 33.7 Å². The highest BCUT2D eigenvalue weighted by molar-refractivity contribution is 6.36. The number of rotatable bonds is 2. The second kappa shape index (κ2) is 5.37. The first kappa shape index (κ1) is 12.3. The van der Waals surface area contributed by atoms with Crippen LogP contribution in [0.15, 0.2) is 23.9 Å². The second-order valence-corrected chi connectivity index (χ2v) is 3.51. The predicted molar refractivity (Wildman–Crippen MR) is 59.4 cm³/mol. The van der Waals surface area contributed by atoms with Crippen LogP contribution in [0.1, 0.15) is 0 Å². The van der Waals surface area contributed by atoms with Gasteiger partial charge in [0.15, 0.2) is 0 Å². The summed E-state index contributed by atoms with van der Waals surface area (Å²) in [6.45, 7) is 0. The van der Waals surface area contributed by atoms with Crippen LogP contribution < -0.4 is 5.32 Å². The Morgan fingerprint density at radius 3 is 2.44 bits per heavy atom. The summed E-state index contributed by atoms with van der Waals surface area (Å²) in [5, 5.41) is 19.6. The smallest absolute Gasteiger partial charge is 0.149 e. The number of nitrogens with one attached hydrogen (secondary N) is 1. The van der Waals surface area contributed by atoms with Gasteiger partial charge in [0.05, 0.1) is 10.7 Å². The lowest BCUT2D eigenvalue weighted by atomic mass is 10.3. The van der Waals surface area contributed by atoms with Gasteiger partial charge in [-0.25, -0.2) is 4.39 Å². The molecule has 0 heterocycles. The molecule has 0 saturated heterocycles. The Labute approximate surface area is 101 Å². The zero-order valence-electron chi connectivity index (χ0n) is 7.76. The van der Waals surface area contributed by atoms with Crippen LogP contribution >= 0.6 is 23.2 Å². The number of hydrogen-bond acceptors (Lipinski definition) is 3. The van der Waals surface area contributed by atoms with E-state index < -0.39 is 5.82 Å². The van der Waals surface area contributed by atoms with Crippen LogP contribution in [0.4, 0.5) is 10.1 Å². The molecular weight excluding hydrogens is 252 g/mol. The topological polar surface area (TPSA) is 59.6 Å². The van der Waals surface area contributed by atoms with Gasteiger partial charge >= 0.3 is 0 Å². The highest BCUT2D eigenvalue weighted by Gasteiger charge is 2.07. The standard InChI is InChI=1S/C10H4Cl2FN3/c11-7-1-8(12)10(9(13)2-7)16-5-6(3-14)4-15/h1-2,5,16H. The van der Waals surface area contributed by atoms with E-state index in [1.165, 1.54) is 6.07 Å². The fourth-order valence-corrected chi connectivity index (χ4v) is 1.44. The average molecular weight is 256 g/mol. The van der Waals surface area contributed by atoms with Crippen molar-refractivity contribution in [1.29, 1.82) is 10.5 Å². The van der Waals surface area contributed by atoms with E-state index >= 15 is 0 Å². The molecule has 3 nitrogen and oxygen atoms in total. The minimum absolute atomic E-state index is 0.0333. The van der Waals surface area contributed by atoms with E-state index in [0.717, 1.165) is 12.3 Å². The molecule has 16 heavy (non-hydrogen) atoms. The highest BCUT2D eigenvalue weighted by atomic mass is 35.5. The molecule has 0 saturated carbocycles. The normalized spacial score (nSPS) is 8.81. The van der Waals surface area contributed by atoms with Crippen LogP contribution in [0.2, 0.25) is 10.0 Å². The Hall–Kier alpha value is -1.75. The third kappa shape index (κ3) is 2.87. The summed E-state index contributed by atoms with van der Waals surface area (Å²) >= 11 is 11.3. The minimum Gasteiger partial charge on any atom is -0.356 e. The fourth-order valence-electron chi connectivity index (χ4n) is 0.914. The van der Waals surface area contributed by atoms with Crippen molar-refractivity contribution in [3.63, 3.8) is 0 Å². The average Bonchev–Trinajstić information content (AvgIpc) is 2.22. The van der Waals surface area contributed by atoms with Gasteiger partial charge in [-0.2, -0.15) is 10.5 Å². The van der Waals surface area contributed by atoms with Crippen molar-refractivity contribution < 1.29 is 4.39 Å². The summed E-state index contributed by atoms with van der Waals surface area (Å²) in [5.41, 5.74) is -0.223. The molecule has 0 unspecified atom stereocenters.